The van der Waals surface area contributed by atoms with Crippen LogP contribution in [-0.4, -0.2) is 250 Å². The van der Waals surface area contributed by atoms with Gasteiger partial charge in [0.1, 0.15) is 66.5 Å². The van der Waals surface area contributed by atoms with Crippen molar-refractivity contribution < 1.29 is 67.7 Å². The maximum absolute atomic E-state index is 15.2. The van der Waals surface area contributed by atoms with Gasteiger partial charge in [0.15, 0.2) is 0 Å². The van der Waals surface area contributed by atoms with Gasteiger partial charge >= 0.3 is 0 Å². The van der Waals surface area contributed by atoms with Crippen LogP contribution in [0.2, 0.25) is 0 Å². The molecule has 1 fully saturated rings. The first-order chi connectivity index (χ1) is 41.3. The Hall–Kier alpha value is -6.47. The van der Waals surface area contributed by atoms with Crippen LogP contribution in [0.4, 0.5) is 0 Å². The Bertz CT molecular complexity index is 2450. The first kappa shape index (κ1) is 80.5. The van der Waals surface area contributed by atoms with E-state index in [1.165, 1.54) is 88.7 Å². The van der Waals surface area contributed by atoms with Crippen molar-refractivity contribution in [1.29, 1.82) is 0 Å². The average molecular weight is 1260 g/mol. The maximum Gasteiger partial charge on any atom is 0.248 e. The zero-order valence-electron chi connectivity index (χ0n) is 57.8. The minimum absolute atomic E-state index is 0.0785. The predicted molar refractivity (Wildman–Crippen MR) is 341 cm³/mol. The second-order valence-electron chi connectivity index (χ2n) is 25.9. The minimum atomic E-state index is -1.71. The fraction of sp³-hybridized carbons (Fsp3) is 0.766. The number of aliphatic hydroxyl groups is 2. The molecule has 1 heterocycles. The normalized spacial score (nSPS) is 27.3. The number of hydrogen-bond donors (Lipinski definition) is 6. The quantitative estimate of drug-likeness (QED) is 0.107. The lowest BCUT2D eigenvalue weighted by Gasteiger charge is -2.41. The van der Waals surface area contributed by atoms with Crippen molar-refractivity contribution >= 4 is 65.0 Å². The van der Waals surface area contributed by atoms with Gasteiger partial charge in [0, 0.05) is 54.7 Å². The Morgan fingerprint density at radius 2 is 0.944 bits per heavy atom. The summed E-state index contributed by atoms with van der Waals surface area (Å²) in [5, 5.41) is 34.0. The number of carbonyl (C=O) groups is 11. The molecule has 25 nitrogen and oxygen atoms in total. The van der Waals surface area contributed by atoms with E-state index in [1.54, 1.807) is 67.5 Å². The topological polar surface area (TPSA) is 308 Å². The van der Waals surface area contributed by atoms with E-state index in [2.05, 4.69) is 27.8 Å². The summed E-state index contributed by atoms with van der Waals surface area (Å²) in [7, 11) is 8.25. The largest absolute Gasteiger partial charge is 0.394 e. The van der Waals surface area contributed by atoms with E-state index in [4.69, 9.17) is 4.74 Å². The Kier molecular flexibility index (Phi) is 33.5. The number of carbonyl (C=O) groups excluding carboxylic acids is 11. The molecule has 0 aromatic heterocycles. The van der Waals surface area contributed by atoms with Gasteiger partial charge in [0.05, 0.1) is 25.4 Å². The molecule has 6 N–H and O–H groups in total. The molecule has 0 bridgehead atoms. The standard InChI is InChI=1S/C64H113N11O14/c1-25-29-40(15)53(77)52-57(81)67-44(27-3)59(83)75(28-4)48(34-76)62(86)73(23)51(43(18)89-30-26-2)56(80)68-49(38(11)12)63(87)69(19)45(31-35(5)6)55(79)65-41(16)54(78)66-42(17)58(82)70(20)46(32-36(7)8)60(84)71(21)47(33-37(9)10)61(85)72(22)50(39(13)14)64(88)74(52)24/h25-26,29,35-53,76-77H,2,27-28,30-34H2,1,3-24H3,(H,65,79)(H,66,78)(H,67,81)(H,68,80)/b29-25+/t40-,41+,42-,43-,44+,45+,46+,47+,48-,49+,50+,51?,52+,53-/m1/s1. The molecule has 508 valence electrons. The Morgan fingerprint density at radius 3 is 1.39 bits per heavy atom. The van der Waals surface area contributed by atoms with Crippen molar-refractivity contribution in [1.82, 2.24) is 55.6 Å². The molecule has 0 aromatic carbocycles. The lowest BCUT2D eigenvalue weighted by molar-refractivity contribution is -0.157. The van der Waals surface area contributed by atoms with E-state index >= 15 is 9.59 Å². The summed E-state index contributed by atoms with van der Waals surface area (Å²) in [6.07, 6.45) is 2.27. The van der Waals surface area contributed by atoms with Crippen LogP contribution in [0.5, 0.6) is 0 Å². The van der Waals surface area contributed by atoms with E-state index in [1.807, 2.05) is 41.5 Å². The average Bonchev–Trinajstić information content (AvgIpc) is 2.71. The molecular formula is C64H113N11O14. The highest BCUT2D eigenvalue weighted by molar-refractivity contribution is 6.00. The number of hydrogen-bond acceptors (Lipinski definition) is 14. The summed E-state index contributed by atoms with van der Waals surface area (Å²) in [5.41, 5.74) is 0. The molecule has 1 aliphatic heterocycles. The van der Waals surface area contributed by atoms with E-state index < -0.39 is 168 Å². The molecule has 0 spiro atoms. The van der Waals surface area contributed by atoms with Crippen LogP contribution in [0.15, 0.2) is 24.8 Å². The molecule has 1 saturated heterocycles. The van der Waals surface area contributed by atoms with E-state index in [0.717, 1.165) is 14.7 Å². The number of allylic oxidation sites excluding steroid dienone is 1. The second-order valence-corrected chi connectivity index (χ2v) is 25.9. The van der Waals surface area contributed by atoms with E-state index in [9.17, 15) is 53.4 Å². The third-order valence-corrected chi connectivity index (χ3v) is 16.6. The highest BCUT2D eigenvalue weighted by Gasteiger charge is 2.47. The summed E-state index contributed by atoms with van der Waals surface area (Å²) in [6, 6.07) is -15.0. The van der Waals surface area contributed by atoms with Crippen molar-refractivity contribution in [3.05, 3.63) is 24.8 Å². The summed E-state index contributed by atoms with van der Waals surface area (Å²) < 4.78 is 5.93. The molecule has 0 aliphatic carbocycles. The zero-order chi connectivity index (χ0) is 69.0. The lowest BCUT2D eigenvalue weighted by atomic mass is 9.93. The Morgan fingerprint density at radius 1 is 0.506 bits per heavy atom. The van der Waals surface area contributed by atoms with Crippen molar-refractivity contribution in [3.8, 4) is 0 Å². The number of rotatable bonds is 18. The van der Waals surface area contributed by atoms with Crippen molar-refractivity contribution in [3.63, 3.8) is 0 Å². The molecule has 1 aliphatic rings. The maximum atomic E-state index is 15.2. The van der Waals surface area contributed by atoms with E-state index in [0.29, 0.717) is 0 Å². The third-order valence-electron chi connectivity index (χ3n) is 16.6. The number of nitrogens with one attached hydrogen (secondary N) is 4. The van der Waals surface area contributed by atoms with Crippen LogP contribution in [0.1, 0.15) is 143 Å². The van der Waals surface area contributed by atoms with Crippen molar-refractivity contribution in [2.24, 2.45) is 35.5 Å². The molecule has 14 atom stereocenters. The predicted octanol–water partition coefficient (Wildman–Crippen LogP) is 2.17. The second kappa shape index (κ2) is 37.0. The van der Waals surface area contributed by atoms with Gasteiger partial charge in [-0.25, -0.2) is 0 Å². The van der Waals surface area contributed by atoms with Crippen LogP contribution in [0.3, 0.4) is 0 Å². The number of nitrogens with zero attached hydrogens (tertiary/aromatic N) is 7. The van der Waals surface area contributed by atoms with Gasteiger partial charge in [-0.05, 0) is 89.9 Å². The highest BCUT2D eigenvalue weighted by atomic mass is 16.5. The summed E-state index contributed by atoms with van der Waals surface area (Å²) in [4.78, 5) is 170. The highest BCUT2D eigenvalue weighted by Crippen LogP contribution is 2.26. The van der Waals surface area contributed by atoms with Gasteiger partial charge in [-0.2, -0.15) is 0 Å². The van der Waals surface area contributed by atoms with Crippen LogP contribution in [0, 0.1) is 35.5 Å². The fourth-order valence-corrected chi connectivity index (χ4v) is 11.3. The monoisotopic (exact) mass is 1260 g/mol. The molecule has 1 rings (SSSR count). The van der Waals surface area contributed by atoms with Crippen LogP contribution in [-0.2, 0) is 57.5 Å². The first-order valence-electron chi connectivity index (χ1n) is 31.5. The van der Waals surface area contributed by atoms with Crippen molar-refractivity contribution in [2.45, 2.75) is 222 Å². The molecule has 1 unspecified atom stereocenters. The number of amides is 11. The molecule has 0 saturated carbocycles. The van der Waals surface area contributed by atoms with Gasteiger partial charge in [-0.1, -0.05) is 101 Å². The molecule has 89 heavy (non-hydrogen) atoms. The van der Waals surface area contributed by atoms with E-state index in [-0.39, 0.29) is 56.6 Å². The summed E-state index contributed by atoms with van der Waals surface area (Å²) in [6.45, 7) is 31.1. The number of likely N-dealkylation sites (N-methyl/N-ethyl adjacent to an activating group) is 7. The molecule has 25 heteroatoms. The molecule has 0 aromatic rings. The Balaban J connectivity index is 4.50. The van der Waals surface area contributed by atoms with Gasteiger partial charge in [-0.3, -0.25) is 52.7 Å². The van der Waals surface area contributed by atoms with Gasteiger partial charge in [-0.15, -0.1) is 6.58 Å². The fourth-order valence-electron chi connectivity index (χ4n) is 11.3. The van der Waals surface area contributed by atoms with Crippen LogP contribution >= 0.6 is 0 Å². The SMILES string of the molecule is C=CCO[C@H](C)C1C(=O)N[C@@H](C(C)C)C(=O)N(C)[C@@H](CC(C)C)C(=O)N[C@@H](C)C(=O)N[C@H](C)C(=O)N(C)[C@@H](CC(C)C)C(=O)N(C)[C@@H](CC(C)C)C(=O)N(C)[C@@H](C(C)C)C(=O)N(C)[C@@H]([C@H](O)[C@H](C)/C=C/C)C(=O)N[C@@H](CC)C(=O)N(CC)[C@H](CO)C(=O)N1C. The summed E-state index contributed by atoms with van der Waals surface area (Å²) >= 11 is 0. The van der Waals surface area contributed by atoms with Crippen LogP contribution < -0.4 is 21.3 Å². The molecule has 0 radical (unpaired) electrons. The van der Waals surface area contributed by atoms with Gasteiger partial charge in [0.25, 0.3) is 0 Å². The number of ether oxygens (including phenoxy) is 1. The smallest absolute Gasteiger partial charge is 0.248 e. The third kappa shape index (κ3) is 21.6. The first-order valence-corrected chi connectivity index (χ1v) is 31.5. The summed E-state index contributed by atoms with van der Waals surface area (Å²) in [5.74, 6) is -11.0. The van der Waals surface area contributed by atoms with Gasteiger partial charge in [0.2, 0.25) is 65.0 Å². The molecular weight excluding hydrogens is 1150 g/mol. The lowest BCUT2D eigenvalue weighted by Crippen LogP contribution is -2.65. The molecule has 11 amide bonds. The number of aliphatic hydroxyl groups excluding tert-OH is 2. The minimum Gasteiger partial charge on any atom is -0.394 e. The van der Waals surface area contributed by atoms with Crippen molar-refractivity contribution in [2.75, 3.05) is 62.0 Å². The van der Waals surface area contributed by atoms with Crippen LogP contribution in [0.25, 0.3) is 0 Å². The Labute approximate surface area is 530 Å². The van der Waals surface area contributed by atoms with Gasteiger partial charge < -0.3 is 70.5 Å². The zero-order valence-corrected chi connectivity index (χ0v) is 57.8.